The van der Waals surface area contributed by atoms with E-state index in [1.165, 1.54) is 0 Å². The molecule has 2 N–H and O–H groups in total. The fourth-order valence-electron chi connectivity index (χ4n) is 1.91. The first-order valence-electron chi connectivity index (χ1n) is 5.29. The van der Waals surface area contributed by atoms with Crippen LogP contribution in [0.4, 0.5) is 0 Å². The molecular weight excluding hydrogens is 228 g/mol. The second-order valence-electron chi connectivity index (χ2n) is 4.09. The molecule has 0 bridgehead atoms. The molecular formula is C10H16N2O3S. The highest BCUT2D eigenvalue weighted by molar-refractivity contribution is 7.89. The van der Waals surface area contributed by atoms with E-state index in [-0.39, 0.29) is 10.9 Å². The normalized spacial score (nSPS) is 21.5. The Kier molecular flexibility index (Phi) is 3.05. The van der Waals surface area contributed by atoms with E-state index in [9.17, 15) is 8.42 Å². The summed E-state index contributed by atoms with van der Waals surface area (Å²) in [5.74, 6) is 1.05. The molecule has 0 spiro atoms. The fourth-order valence-corrected chi connectivity index (χ4v) is 3.42. The largest absolute Gasteiger partial charge is 0.465 e. The SMILES string of the molecule is Cc1cc(S(=O)(=O)N[C@@H]2CCNC2)c(C)o1. The van der Waals surface area contributed by atoms with Crippen molar-refractivity contribution in [1.29, 1.82) is 0 Å². The summed E-state index contributed by atoms with van der Waals surface area (Å²) in [5.41, 5.74) is 0. The third-order valence-electron chi connectivity index (χ3n) is 2.67. The van der Waals surface area contributed by atoms with Crippen molar-refractivity contribution in [3.05, 3.63) is 17.6 Å². The van der Waals surface area contributed by atoms with Crippen molar-refractivity contribution in [2.75, 3.05) is 13.1 Å². The van der Waals surface area contributed by atoms with E-state index in [1.54, 1.807) is 19.9 Å². The first-order chi connectivity index (χ1) is 7.49. The molecule has 1 aliphatic rings. The molecule has 1 aromatic heterocycles. The number of sulfonamides is 1. The first kappa shape index (κ1) is 11.6. The second-order valence-corrected chi connectivity index (χ2v) is 5.77. The van der Waals surface area contributed by atoms with Gasteiger partial charge in [-0.05, 0) is 32.9 Å². The Hall–Kier alpha value is -0.850. The van der Waals surface area contributed by atoms with E-state index in [0.717, 1.165) is 13.0 Å². The smallest absolute Gasteiger partial charge is 0.244 e. The van der Waals surface area contributed by atoms with Crippen molar-refractivity contribution in [1.82, 2.24) is 10.0 Å². The molecule has 1 aliphatic heterocycles. The van der Waals surface area contributed by atoms with E-state index in [4.69, 9.17) is 4.42 Å². The van der Waals surface area contributed by atoms with Gasteiger partial charge in [-0.1, -0.05) is 0 Å². The van der Waals surface area contributed by atoms with Gasteiger partial charge < -0.3 is 9.73 Å². The van der Waals surface area contributed by atoms with Gasteiger partial charge >= 0.3 is 0 Å². The van der Waals surface area contributed by atoms with Crippen molar-refractivity contribution >= 4 is 10.0 Å². The summed E-state index contributed by atoms with van der Waals surface area (Å²) in [6, 6.07) is 1.54. The second kappa shape index (κ2) is 4.20. The Morgan fingerprint density at radius 1 is 1.50 bits per heavy atom. The van der Waals surface area contributed by atoms with Crippen LogP contribution >= 0.6 is 0 Å². The maximum absolute atomic E-state index is 12.0. The highest BCUT2D eigenvalue weighted by atomic mass is 32.2. The lowest BCUT2D eigenvalue weighted by Crippen LogP contribution is -2.36. The minimum Gasteiger partial charge on any atom is -0.465 e. The molecule has 1 aromatic rings. The Bertz CT molecular complexity index is 472. The maximum atomic E-state index is 12.0. The molecule has 0 aliphatic carbocycles. The Morgan fingerprint density at radius 3 is 2.75 bits per heavy atom. The molecule has 2 heterocycles. The molecule has 0 amide bonds. The maximum Gasteiger partial charge on any atom is 0.244 e. The summed E-state index contributed by atoms with van der Waals surface area (Å²) in [6.45, 7) is 4.95. The van der Waals surface area contributed by atoms with Crippen LogP contribution in [0.2, 0.25) is 0 Å². The topological polar surface area (TPSA) is 71.3 Å². The van der Waals surface area contributed by atoms with E-state index in [1.807, 2.05) is 0 Å². The van der Waals surface area contributed by atoms with Crippen molar-refractivity contribution in [3.63, 3.8) is 0 Å². The predicted molar refractivity (Wildman–Crippen MR) is 59.8 cm³/mol. The monoisotopic (exact) mass is 244 g/mol. The van der Waals surface area contributed by atoms with Gasteiger partial charge in [0.15, 0.2) is 0 Å². The van der Waals surface area contributed by atoms with Crippen LogP contribution in [-0.4, -0.2) is 27.5 Å². The molecule has 0 aromatic carbocycles. The molecule has 90 valence electrons. The molecule has 1 saturated heterocycles. The van der Waals surface area contributed by atoms with Crippen LogP contribution in [0.25, 0.3) is 0 Å². The minimum absolute atomic E-state index is 0.0143. The summed E-state index contributed by atoms with van der Waals surface area (Å²) in [4.78, 5) is 0.247. The highest BCUT2D eigenvalue weighted by Gasteiger charge is 2.25. The third kappa shape index (κ3) is 2.28. The summed E-state index contributed by atoms with van der Waals surface area (Å²) in [6.07, 6.45) is 0.828. The molecule has 16 heavy (non-hydrogen) atoms. The highest BCUT2D eigenvalue weighted by Crippen LogP contribution is 2.19. The lowest BCUT2D eigenvalue weighted by atomic mass is 10.3. The van der Waals surface area contributed by atoms with Gasteiger partial charge in [-0.25, -0.2) is 13.1 Å². The lowest BCUT2D eigenvalue weighted by molar-refractivity contribution is 0.494. The van der Waals surface area contributed by atoms with Gasteiger partial charge in [0.05, 0.1) is 0 Å². The average Bonchev–Trinajstić information content (AvgIpc) is 2.75. The predicted octanol–water partition coefficient (Wildman–Crippen LogP) is 0.537. The molecule has 5 nitrogen and oxygen atoms in total. The van der Waals surface area contributed by atoms with Gasteiger partial charge in [0, 0.05) is 12.6 Å². The van der Waals surface area contributed by atoms with Gasteiger partial charge in [0.2, 0.25) is 10.0 Å². The van der Waals surface area contributed by atoms with Crippen molar-refractivity contribution in [3.8, 4) is 0 Å². The van der Waals surface area contributed by atoms with Crippen LogP contribution in [-0.2, 0) is 10.0 Å². The van der Waals surface area contributed by atoms with Crippen molar-refractivity contribution < 1.29 is 12.8 Å². The average molecular weight is 244 g/mol. The molecule has 2 rings (SSSR count). The quantitative estimate of drug-likeness (QED) is 0.814. The molecule has 6 heteroatoms. The number of hydrogen-bond acceptors (Lipinski definition) is 4. The fraction of sp³-hybridized carbons (Fsp3) is 0.600. The standard InChI is InChI=1S/C10H16N2O3S/c1-7-5-10(8(2)15-7)16(13,14)12-9-3-4-11-6-9/h5,9,11-12H,3-4,6H2,1-2H3/t9-/m1/s1. The zero-order valence-electron chi connectivity index (χ0n) is 9.41. The molecule has 0 unspecified atom stereocenters. The van der Waals surface area contributed by atoms with Gasteiger partial charge in [-0.15, -0.1) is 0 Å². The molecule has 1 atom stereocenters. The molecule has 1 fully saturated rings. The van der Waals surface area contributed by atoms with E-state index in [0.29, 0.717) is 18.1 Å². The number of aryl methyl sites for hydroxylation is 2. The number of nitrogens with one attached hydrogen (secondary N) is 2. The lowest BCUT2D eigenvalue weighted by Gasteiger charge is -2.10. The first-order valence-corrected chi connectivity index (χ1v) is 6.77. The van der Waals surface area contributed by atoms with Crippen molar-refractivity contribution in [2.45, 2.75) is 31.2 Å². The minimum atomic E-state index is -3.44. The van der Waals surface area contributed by atoms with E-state index >= 15 is 0 Å². The van der Waals surface area contributed by atoms with Crippen LogP contribution in [0.1, 0.15) is 17.9 Å². The van der Waals surface area contributed by atoms with Crippen LogP contribution in [0.3, 0.4) is 0 Å². The molecule has 0 radical (unpaired) electrons. The Labute approximate surface area is 95.3 Å². The van der Waals surface area contributed by atoms with Gasteiger partial charge in [0.1, 0.15) is 16.4 Å². The Morgan fingerprint density at radius 2 is 2.25 bits per heavy atom. The van der Waals surface area contributed by atoms with Crippen molar-refractivity contribution in [2.24, 2.45) is 0 Å². The number of furan rings is 1. The van der Waals surface area contributed by atoms with Crippen LogP contribution in [0, 0.1) is 13.8 Å². The third-order valence-corrected chi connectivity index (χ3v) is 4.30. The number of rotatable bonds is 3. The number of hydrogen-bond donors (Lipinski definition) is 2. The zero-order valence-corrected chi connectivity index (χ0v) is 10.2. The summed E-state index contributed by atoms with van der Waals surface area (Å²) in [7, 11) is -3.44. The van der Waals surface area contributed by atoms with E-state index in [2.05, 4.69) is 10.0 Å². The van der Waals surface area contributed by atoms with Gasteiger partial charge in [-0.2, -0.15) is 0 Å². The molecule has 0 saturated carbocycles. The van der Waals surface area contributed by atoms with Gasteiger partial charge in [0.25, 0.3) is 0 Å². The van der Waals surface area contributed by atoms with Crippen LogP contribution < -0.4 is 10.0 Å². The van der Waals surface area contributed by atoms with Gasteiger partial charge in [-0.3, -0.25) is 0 Å². The van der Waals surface area contributed by atoms with Crippen LogP contribution in [0.5, 0.6) is 0 Å². The zero-order chi connectivity index (χ0) is 11.8. The summed E-state index contributed by atoms with van der Waals surface area (Å²) < 4.78 is 32.0. The Balaban J connectivity index is 2.21. The summed E-state index contributed by atoms with van der Waals surface area (Å²) >= 11 is 0. The van der Waals surface area contributed by atoms with Crippen LogP contribution in [0.15, 0.2) is 15.4 Å². The summed E-state index contributed by atoms with van der Waals surface area (Å²) in [5, 5.41) is 3.12. The van der Waals surface area contributed by atoms with E-state index < -0.39 is 10.0 Å².